The molecule has 1 saturated heterocycles. The zero-order valence-corrected chi connectivity index (χ0v) is 13.2. The fourth-order valence-electron chi connectivity index (χ4n) is 2.52. The monoisotopic (exact) mass is 308 g/mol. The maximum Gasteiger partial charge on any atom is 0.0973 e. The van der Waals surface area contributed by atoms with E-state index >= 15 is 0 Å². The van der Waals surface area contributed by atoms with E-state index < -0.39 is 0 Å². The van der Waals surface area contributed by atoms with E-state index in [0.29, 0.717) is 6.04 Å². The van der Waals surface area contributed by atoms with Gasteiger partial charge in [-0.3, -0.25) is 4.90 Å². The standard InChI is InChI=1S/C13H21ClN2S.ClH/c1-2-16(10-11-6-9-17-13(11)14)12-4-3-7-15-8-5-12;/h6,9,12,15H,2-5,7-8,10H2,1H3;1H. The highest BCUT2D eigenvalue weighted by molar-refractivity contribution is 7.14. The third-order valence-corrected chi connectivity index (χ3v) is 4.79. The van der Waals surface area contributed by atoms with Crippen LogP contribution in [0.1, 0.15) is 31.7 Å². The molecule has 0 spiro atoms. The van der Waals surface area contributed by atoms with Gasteiger partial charge in [-0.1, -0.05) is 18.5 Å². The topological polar surface area (TPSA) is 15.3 Å². The van der Waals surface area contributed by atoms with Gasteiger partial charge >= 0.3 is 0 Å². The Hall–Kier alpha value is 0.200. The van der Waals surface area contributed by atoms with Crippen LogP contribution in [0, 0.1) is 0 Å². The second kappa shape index (κ2) is 8.39. The van der Waals surface area contributed by atoms with E-state index in [-0.39, 0.29) is 12.4 Å². The Morgan fingerprint density at radius 3 is 2.94 bits per heavy atom. The van der Waals surface area contributed by atoms with Crippen molar-refractivity contribution in [3.8, 4) is 0 Å². The van der Waals surface area contributed by atoms with Crippen LogP contribution >= 0.6 is 35.3 Å². The highest BCUT2D eigenvalue weighted by Gasteiger charge is 2.19. The summed E-state index contributed by atoms with van der Waals surface area (Å²) in [6, 6.07) is 2.87. The van der Waals surface area contributed by atoms with Crippen molar-refractivity contribution in [3.05, 3.63) is 21.3 Å². The highest BCUT2D eigenvalue weighted by Crippen LogP contribution is 2.25. The predicted octanol–water partition coefficient (Wildman–Crippen LogP) is 3.79. The van der Waals surface area contributed by atoms with E-state index in [2.05, 4.69) is 28.6 Å². The fraction of sp³-hybridized carbons (Fsp3) is 0.692. The average molecular weight is 309 g/mol. The van der Waals surface area contributed by atoms with Crippen LogP contribution in [0.5, 0.6) is 0 Å². The van der Waals surface area contributed by atoms with Crippen molar-refractivity contribution in [2.45, 2.75) is 38.8 Å². The van der Waals surface area contributed by atoms with E-state index in [0.717, 1.165) is 24.0 Å². The van der Waals surface area contributed by atoms with Crippen molar-refractivity contribution in [2.24, 2.45) is 0 Å². The van der Waals surface area contributed by atoms with Crippen LogP contribution in [0.15, 0.2) is 11.4 Å². The van der Waals surface area contributed by atoms with Crippen LogP contribution in [0.3, 0.4) is 0 Å². The summed E-state index contributed by atoms with van der Waals surface area (Å²) in [5, 5.41) is 5.56. The minimum atomic E-state index is 0. The molecule has 1 aromatic rings. The summed E-state index contributed by atoms with van der Waals surface area (Å²) in [6.07, 6.45) is 3.86. The van der Waals surface area contributed by atoms with Gasteiger partial charge in [0.2, 0.25) is 0 Å². The van der Waals surface area contributed by atoms with Crippen molar-refractivity contribution < 1.29 is 0 Å². The van der Waals surface area contributed by atoms with Gasteiger partial charge < -0.3 is 5.32 Å². The van der Waals surface area contributed by atoms with Crippen molar-refractivity contribution in [2.75, 3.05) is 19.6 Å². The normalized spacial score (nSPS) is 20.5. The molecule has 0 amide bonds. The minimum Gasteiger partial charge on any atom is -0.317 e. The molecule has 0 aliphatic carbocycles. The van der Waals surface area contributed by atoms with Crippen molar-refractivity contribution in [1.82, 2.24) is 10.2 Å². The lowest BCUT2D eigenvalue weighted by Crippen LogP contribution is -2.35. The molecule has 1 atom stereocenters. The summed E-state index contributed by atoms with van der Waals surface area (Å²) in [6.45, 7) is 6.69. The molecule has 1 aliphatic heterocycles. The van der Waals surface area contributed by atoms with Gasteiger partial charge in [-0.05, 0) is 55.9 Å². The molecule has 2 rings (SSSR count). The number of rotatable bonds is 4. The zero-order valence-electron chi connectivity index (χ0n) is 10.8. The lowest BCUT2D eigenvalue weighted by Gasteiger charge is -2.29. The number of nitrogens with zero attached hydrogens (tertiary/aromatic N) is 1. The summed E-state index contributed by atoms with van der Waals surface area (Å²) in [4.78, 5) is 2.57. The van der Waals surface area contributed by atoms with Crippen LogP contribution in [0.25, 0.3) is 0 Å². The summed E-state index contributed by atoms with van der Waals surface area (Å²) in [5.74, 6) is 0. The lowest BCUT2D eigenvalue weighted by molar-refractivity contribution is 0.183. The van der Waals surface area contributed by atoms with Gasteiger partial charge in [0.15, 0.2) is 0 Å². The molecule has 1 N–H and O–H groups in total. The van der Waals surface area contributed by atoms with Gasteiger partial charge in [0, 0.05) is 12.6 Å². The van der Waals surface area contributed by atoms with E-state index in [1.807, 2.05) is 0 Å². The molecular weight excluding hydrogens is 287 g/mol. The Morgan fingerprint density at radius 1 is 1.44 bits per heavy atom. The third kappa shape index (κ3) is 4.39. The molecule has 2 nitrogen and oxygen atoms in total. The molecule has 1 aromatic heterocycles. The van der Waals surface area contributed by atoms with Crippen LogP contribution in [0.2, 0.25) is 4.34 Å². The summed E-state index contributed by atoms with van der Waals surface area (Å²) >= 11 is 7.83. The molecule has 1 aliphatic rings. The average Bonchev–Trinajstić information content (AvgIpc) is 2.58. The summed E-state index contributed by atoms with van der Waals surface area (Å²) in [5.41, 5.74) is 1.29. The molecule has 0 radical (unpaired) electrons. The number of halogens is 2. The smallest absolute Gasteiger partial charge is 0.0973 e. The van der Waals surface area contributed by atoms with Gasteiger partial charge in [0.1, 0.15) is 0 Å². The van der Waals surface area contributed by atoms with Crippen LogP contribution in [0.4, 0.5) is 0 Å². The molecule has 1 unspecified atom stereocenters. The molecule has 2 heterocycles. The van der Waals surface area contributed by atoms with E-state index in [9.17, 15) is 0 Å². The van der Waals surface area contributed by atoms with Crippen molar-refractivity contribution >= 4 is 35.3 Å². The van der Waals surface area contributed by atoms with Crippen molar-refractivity contribution in [1.29, 1.82) is 0 Å². The zero-order chi connectivity index (χ0) is 12.1. The Labute approximate surface area is 125 Å². The first kappa shape index (κ1) is 16.3. The lowest BCUT2D eigenvalue weighted by atomic mass is 10.1. The third-order valence-electron chi connectivity index (χ3n) is 3.53. The Morgan fingerprint density at radius 2 is 2.28 bits per heavy atom. The molecule has 0 bridgehead atoms. The molecule has 0 saturated carbocycles. The van der Waals surface area contributed by atoms with Crippen molar-refractivity contribution in [3.63, 3.8) is 0 Å². The van der Waals surface area contributed by atoms with Crippen LogP contribution in [-0.2, 0) is 6.54 Å². The molecule has 5 heteroatoms. The second-order valence-electron chi connectivity index (χ2n) is 4.62. The number of hydrogen-bond donors (Lipinski definition) is 1. The highest BCUT2D eigenvalue weighted by atomic mass is 35.5. The van der Waals surface area contributed by atoms with Gasteiger partial charge in [-0.2, -0.15) is 0 Å². The Bertz CT molecular complexity index is 335. The number of nitrogens with one attached hydrogen (secondary N) is 1. The maximum absolute atomic E-state index is 6.19. The minimum absolute atomic E-state index is 0. The first-order valence-electron chi connectivity index (χ1n) is 6.48. The molecule has 0 aromatic carbocycles. The van der Waals surface area contributed by atoms with E-state index in [4.69, 9.17) is 11.6 Å². The quantitative estimate of drug-likeness (QED) is 0.910. The second-order valence-corrected chi connectivity index (χ2v) is 6.14. The van der Waals surface area contributed by atoms with Gasteiger partial charge in [0.25, 0.3) is 0 Å². The number of thiophene rings is 1. The van der Waals surface area contributed by atoms with Crippen LogP contribution < -0.4 is 5.32 Å². The summed E-state index contributed by atoms with van der Waals surface area (Å²) < 4.78 is 0.954. The summed E-state index contributed by atoms with van der Waals surface area (Å²) in [7, 11) is 0. The van der Waals surface area contributed by atoms with Crippen LogP contribution in [-0.4, -0.2) is 30.6 Å². The Kier molecular flexibility index (Phi) is 7.57. The SMILES string of the molecule is CCN(Cc1ccsc1Cl)C1CCCNCC1.Cl. The first-order valence-corrected chi connectivity index (χ1v) is 7.73. The van der Waals surface area contributed by atoms with Gasteiger partial charge in [0.05, 0.1) is 4.34 Å². The molecular formula is C13H22Cl2N2S. The van der Waals surface area contributed by atoms with E-state index in [1.54, 1.807) is 11.3 Å². The maximum atomic E-state index is 6.19. The molecule has 104 valence electrons. The molecule has 1 fully saturated rings. The largest absolute Gasteiger partial charge is 0.317 e. The predicted molar refractivity (Wildman–Crippen MR) is 83.2 cm³/mol. The fourth-order valence-corrected chi connectivity index (χ4v) is 3.43. The first-order chi connectivity index (χ1) is 8.31. The number of hydrogen-bond acceptors (Lipinski definition) is 3. The Balaban J connectivity index is 0.00000162. The van der Waals surface area contributed by atoms with Gasteiger partial charge in [-0.25, -0.2) is 0 Å². The molecule has 18 heavy (non-hydrogen) atoms. The van der Waals surface area contributed by atoms with E-state index in [1.165, 1.54) is 31.4 Å². The van der Waals surface area contributed by atoms with Gasteiger partial charge in [-0.15, -0.1) is 23.7 Å².